The van der Waals surface area contributed by atoms with E-state index >= 15 is 0 Å². The Balaban J connectivity index is 1.86. The largest absolute Gasteiger partial charge is 0.468 e. The van der Waals surface area contributed by atoms with Gasteiger partial charge in [0.2, 0.25) is 0 Å². The molecule has 0 N–H and O–H groups in total. The molecule has 0 amide bonds. The van der Waals surface area contributed by atoms with Gasteiger partial charge in [-0.05, 0) is 24.2 Å². The van der Waals surface area contributed by atoms with Gasteiger partial charge in [0.1, 0.15) is 5.76 Å². The molecule has 19 heavy (non-hydrogen) atoms. The van der Waals surface area contributed by atoms with E-state index in [1.54, 1.807) is 6.26 Å². The molecule has 2 rings (SSSR count). The van der Waals surface area contributed by atoms with Gasteiger partial charge in [-0.3, -0.25) is 9.69 Å². The lowest BCUT2D eigenvalue weighted by molar-refractivity contribution is -0.119. The fraction of sp³-hybridized carbons (Fsp3) is 0.312. The van der Waals surface area contributed by atoms with E-state index < -0.39 is 0 Å². The highest BCUT2D eigenvalue weighted by Crippen LogP contribution is 2.06. The molecule has 100 valence electrons. The van der Waals surface area contributed by atoms with Gasteiger partial charge in [0.05, 0.1) is 19.4 Å². The second kappa shape index (κ2) is 6.90. The van der Waals surface area contributed by atoms with Crippen LogP contribution in [0.4, 0.5) is 0 Å². The van der Waals surface area contributed by atoms with Gasteiger partial charge in [-0.25, -0.2) is 0 Å². The van der Waals surface area contributed by atoms with Crippen molar-refractivity contribution >= 4 is 5.78 Å². The van der Waals surface area contributed by atoms with Gasteiger partial charge in [0, 0.05) is 6.42 Å². The Morgan fingerprint density at radius 1 is 1.16 bits per heavy atom. The topological polar surface area (TPSA) is 33.5 Å². The molecule has 0 aliphatic carbocycles. The van der Waals surface area contributed by atoms with Crippen LogP contribution in [0.25, 0.3) is 0 Å². The van der Waals surface area contributed by atoms with Crippen molar-refractivity contribution in [1.29, 1.82) is 0 Å². The number of hydrogen-bond donors (Lipinski definition) is 0. The molecule has 0 bridgehead atoms. The molecule has 0 radical (unpaired) electrons. The summed E-state index contributed by atoms with van der Waals surface area (Å²) in [5.41, 5.74) is 1.07. The summed E-state index contributed by atoms with van der Waals surface area (Å²) in [5.74, 6) is 1.13. The molecule has 0 aliphatic rings. The van der Waals surface area contributed by atoms with Crippen molar-refractivity contribution in [3.8, 4) is 0 Å². The summed E-state index contributed by atoms with van der Waals surface area (Å²) in [6.07, 6.45) is 2.16. The van der Waals surface area contributed by atoms with Crippen LogP contribution in [0.15, 0.2) is 53.1 Å². The van der Waals surface area contributed by atoms with Crippen LogP contribution in [0.1, 0.15) is 18.2 Å². The van der Waals surface area contributed by atoms with Crippen LogP contribution >= 0.6 is 0 Å². The molecule has 0 aliphatic heterocycles. The number of ketones is 1. The summed E-state index contributed by atoms with van der Waals surface area (Å²) in [4.78, 5) is 14.1. The van der Waals surface area contributed by atoms with Gasteiger partial charge in [-0.1, -0.05) is 37.3 Å². The fourth-order valence-electron chi connectivity index (χ4n) is 2.03. The van der Waals surface area contributed by atoms with E-state index in [1.165, 1.54) is 0 Å². The van der Waals surface area contributed by atoms with E-state index in [-0.39, 0.29) is 5.78 Å². The predicted molar refractivity (Wildman–Crippen MR) is 74.8 cm³/mol. The first kappa shape index (κ1) is 13.6. The van der Waals surface area contributed by atoms with Gasteiger partial charge in [0.15, 0.2) is 5.78 Å². The number of carbonyl (C=O) groups is 1. The van der Waals surface area contributed by atoms with E-state index in [2.05, 4.69) is 11.8 Å². The lowest BCUT2D eigenvalue weighted by atomic mass is 10.1. The summed E-state index contributed by atoms with van der Waals surface area (Å²) < 4.78 is 5.31. The van der Waals surface area contributed by atoms with Crippen LogP contribution in [-0.4, -0.2) is 23.8 Å². The quantitative estimate of drug-likeness (QED) is 0.764. The number of Topliss-reactive ketones (excluding diaryl/α,β-unsaturated/α-hetero) is 1. The third-order valence-electron chi connectivity index (χ3n) is 3.05. The van der Waals surface area contributed by atoms with E-state index in [4.69, 9.17) is 4.42 Å². The fourth-order valence-corrected chi connectivity index (χ4v) is 2.03. The maximum absolute atomic E-state index is 12.0. The molecule has 0 saturated heterocycles. The number of hydrogen-bond acceptors (Lipinski definition) is 3. The minimum atomic E-state index is 0.236. The van der Waals surface area contributed by atoms with Crippen LogP contribution in [-0.2, 0) is 17.8 Å². The average molecular weight is 257 g/mol. The minimum absolute atomic E-state index is 0.236. The maximum atomic E-state index is 12.0. The summed E-state index contributed by atoms with van der Waals surface area (Å²) in [7, 11) is 0. The summed E-state index contributed by atoms with van der Waals surface area (Å²) in [5, 5.41) is 0. The Morgan fingerprint density at radius 2 is 1.95 bits per heavy atom. The average Bonchev–Trinajstić information content (AvgIpc) is 2.92. The van der Waals surface area contributed by atoms with Gasteiger partial charge >= 0.3 is 0 Å². The summed E-state index contributed by atoms with van der Waals surface area (Å²) >= 11 is 0. The molecule has 0 fully saturated rings. The Bertz CT molecular complexity index is 491. The predicted octanol–water partition coefficient (Wildman–Crippen LogP) is 2.91. The Labute approximate surface area is 113 Å². The van der Waals surface area contributed by atoms with Crippen LogP contribution in [0.2, 0.25) is 0 Å². The number of nitrogens with zero attached hydrogens (tertiary/aromatic N) is 1. The lowest BCUT2D eigenvalue weighted by Crippen LogP contribution is -2.30. The van der Waals surface area contributed by atoms with E-state index in [0.29, 0.717) is 19.5 Å². The summed E-state index contributed by atoms with van der Waals surface area (Å²) in [6, 6.07) is 13.7. The smallest absolute Gasteiger partial charge is 0.151 e. The molecule has 2 aromatic rings. The molecule has 3 nitrogen and oxygen atoms in total. The highest BCUT2D eigenvalue weighted by molar-refractivity contribution is 5.82. The van der Waals surface area contributed by atoms with Crippen molar-refractivity contribution in [2.24, 2.45) is 0 Å². The van der Waals surface area contributed by atoms with Crippen molar-refractivity contribution in [3.05, 3.63) is 60.1 Å². The second-order valence-electron chi connectivity index (χ2n) is 4.58. The Kier molecular flexibility index (Phi) is 4.93. The van der Waals surface area contributed by atoms with Crippen molar-refractivity contribution in [2.45, 2.75) is 19.9 Å². The van der Waals surface area contributed by atoms with Crippen molar-refractivity contribution in [3.63, 3.8) is 0 Å². The van der Waals surface area contributed by atoms with Gasteiger partial charge in [0.25, 0.3) is 0 Å². The third-order valence-corrected chi connectivity index (χ3v) is 3.05. The highest BCUT2D eigenvalue weighted by atomic mass is 16.3. The molecule has 0 saturated carbocycles. The molecular formula is C16H19NO2. The third kappa shape index (κ3) is 4.38. The number of carbonyl (C=O) groups excluding carboxylic acids is 1. The first-order valence-corrected chi connectivity index (χ1v) is 6.58. The normalized spacial score (nSPS) is 10.8. The Morgan fingerprint density at radius 3 is 2.58 bits per heavy atom. The van der Waals surface area contributed by atoms with Crippen LogP contribution in [0, 0.1) is 0 Å². The maximum Gasteiger partial charge on any atom is 0.151 e. The van der Waals surface area contributed by atoms with Crippen LogP contribution < -0.4 is 0 Å². The second-order valence-corrected chi connectivity index (χ2v) is 4.58. The number of likely N-dealkylation sites (N-methyl/N-ethyl adjacent to an activating group) is 1. The number of rotatable bonds is 7. The van der Waals surface area contributed by atoms with Crippen LogP contribution in [0.3, 0.4) is 0 Å². The molecule has 1 aromatic heterocycles. The van der Waals surface area contributed by atoms with E-state index in [1.807, 2.05) is 42.5 Å². The zero-order valence-electron chi connectivity index (χ0n) is 11.2. The standard InChI is InChI=1S/C16H19NO2/c1-2-17(13-16-9-6-10-19-16)12-15(18)11-14-7-4-3-5-8-14/h3-10H,2,11-13H2,1H3. The summed E-state index contributed by atoms with van der Waals surface area (Å²) in [6.45, 7) is 4.04. The zero-order chi connectivity index (χ0) is 13.5. The first-order valence-electron chi connectivity index (χ1n) is 6.58. The molecular weight excluding hydrogens is 238 g/mol. The van der Waals surface area contributed by atoms with Crippen molar-refractivity contribution < 1.29 is 9.21 Å². The van der Waals surface area contributed by atoms with Crippen molar-refractivity contribution in [2.75, 3.05) is 13.1 Å². The first-order chi connectivity index (χ1) is 9.28. The zero-order valence-corrected chi connectivity index (χ0v) is 11.2. The SMILES string of the molecule is CCN(CC(=O)Cc1ccccc1)Cc1ccco1. The lowest BCUT2D eigenvalue weighted by Gasteiger charge is -2.18. The number of furan rings is 1. The molecule has 0 unspecified atom stereocenters. The molecule has 1 aromatic carbocycles. The minimum Gasteiger partial charge on any atom is -0.468 e. The van der Waals surface area contributed by atoms with E-state index in [0.717, 1.165) is 17.9 Å². The van der Waals surface area contributed by atoms with Gasteiger partial charge in [-0.15, -0.1) is 0 Å². The molecule has 3 heteroatoms. The monoisotopic (exact) mass is 257 g/mol. The molecule has 1 heterocycles. The highest BCUT2D eigenvalue weighted by Gasteiger charge is 2.11. The van der Waals surface area contributed by atoms with Crippen molar-refractivity contribution in [1.82, 2.24) is 4.90 Å². The molecule has 0 spiro atoms. The molecule has 0 atom stereocenters. The van der Waals surface area contributed by atoms with Gasteiger partial charge < -0.3 is 4.42 Å². The van der Waals surface area contributed by atoms with Crippen LogP contribution in [0.5, 0.6) is 0 Å². The van der Waals surface area contributed by atoms with E-state index in [9.17, 15) is 4.79 Å². The Hall–Kier alpha value is -1.87. The number of benzene rings is 1. The van der Waals surface area contributed by atoms with Gasteiger partial charge in [-0.2, -0.15) is 0 Å².